The molecule has 0 aromatic heterocycles. The summed E-state index contributed by atoms with van der Waals surface area (Å²) in [5, 5.41) is 16.6. The number of alkyl halides is 3. The number of carboxylic acids is 2. The van der Waals surface area contributed by atoms with Gasteiger partial charge in [0.1, 0.15) is 5.75 Å². The van der Waals surface area contributed by atoms with Crippen molar-refractivity contribution < 1.29 is 42.5 Å². The highest BCUT2D eigenvalue weighted by Gasteiger charge is 2.38. The number of benzene rings is 2. The van der Waals surface area contributed by atoms with Gasteiger partial charge in [-0.05, 0) is 37.3 Å². The second-order valence-corrected chi connectivity index (χ2v) is 7.97. The van der Waals surface area contributed by atoms with E-state index in [0.29, 0.717) is 42.5 Å². The molecule has 0 radical (unpaired) electrons. The number of aliphatic carboxylic acids is 2. The monoisotopic (exact) mass is 516 g/mol. The molecule has 1 atom stereocenters. The van der Waals surface area contributed by atoms with Crippen LogP contribution in [-0.4, -0.2) is 76.8 Å². The van der Waals surface area contributed by atoms with Crippen LogP contribution in [-0.2, 0) is 9.59 Å². The third-order valence-corrected chi connectivity index (χ3v) is 5.42. The molecule has 0 aliphatic carbocycles. The third-order valence-electron chi connectivity index (χ3n) is 5.19. The number of carboxylic acid groups (broad SMARTS) is 2. The number of hydrogen-bond acceptors (Lipinski definition) is 5. The van der Waals surface area contributed by atoms with Crippen molar-refractivity contribution in [3.63, 3.8) is 0 Å². The van der Waals surface area contributed by atoms with E-state index in [1.807, 2.05) is 48.2 Å². The summed E-state index contributed by atoms with van der Waals surface area (Å²) in [5.74, 6) is -3.22. The molecule has 0 bridgehead atoms. The summed E-state index contributed by atoms with van der Waals surface area (Å²) in [4.78, 5) is 36.4. The van der Waals surface area contributed by atoms with E-state index >= 15 is 0 Å². The van der Waals surface area contributed by atoms with Gasteiger partial charge in [0.15, 0.2) is 6.61 Å². The number of carbonyl (C=O) groups is 3. The molecule has 0 saturated carbocycles. The largest absolute Gasteiger partial charge is 0.490 e. The average Bonchev–Trinajstić information content (AvgIpc) is 2.82. The van der Waals surface area contributed by atoms with Gasteiger partial charge < -0.3 is 19.8 Å². The minimum absolute atomic E-state index is 0.0172. The summed E-state index contributed by atoms with van der Waals surface area (Å²) in [6.07, 6.45) is -5.08. The molecule has 1 aliphatic rings. The molecule has 190 valence electrons. The first kappa shape index (κ1) is 27.9. The number of amides is 1. The molecular formula is C23H24ClF3N2O6. The fraction of sp³-hybridized carbons (Fsp3) is 0.348. The van der Waals surface area contributed by atoms with Crippen LogP contribution in [0.3, 0.4) is 0 Å². The highest BCUT2D eigenvalue weighted by atomic mass is 35.5. The van der Waals surface area contributed by atoms with Gasteiger partial charge in [-0.25, -0.2) is 9.59 Å². The quantitative estimate of drug-likeness (QED) is 0.598. The summed E-state index contributed by atoms with van der Waals surface area (Å²) in [6.45, 7) is 4.32. The zero-order valence-corrected chi connectivity index (χ0v) is 19.4. The summed E-state index contributed by atoms with van der Waals surface area (Å²) in [5.41, 5.74) is 1.54. The van der Waals surface area contributed by atoms with Crippen LogP contribution in [0.2, 0.25) is 5.02 Å². The fourth-order valence-electron chi connectivity index (χ4n) is 3.39. The Labute approximate surface area is 204 Å². The van der Waals surface area contributed by atoms with Crippen molar-refractivity contribution in [3.8, 4) is 5.75 Å². The third kappa shape index (κ3) is 8.45. The first-order chi connectivity index (χ1) is 16.4. The summed E-state index contributed by atoms with van der Waals surface area (Å²) in [6, 6.07) is 14.5. The molecule has 1 saturated heterocycles. The lowest BCUT2D eigenvalue weighted by Crippen LogP contribution is -2.49. The van der Waals surface area contributed by atoms with Crippen LogP contribution in [0.25, 0.3) is 0 Å². The first-order valence-electron chi connectivity index (χ1n) is 10.4. The number of nitrogens with zero attached hydrogens (tertiary/aromatic N) is 2. The molecule has 0 spiro atoms. The maximum atomic E-state index is 12.6. The number of hydrogen-bond donors (Lipinski definition) is 2. The predicted molar refractivity (Wildman–Crippen MR) is 121 cm³/mol. The van der Waals surface area contributed by atoms with E-state index in [9.17, 15) is 22.8 Å². The van der Waals surface area contributed by atoms with Gasteiger partial charge >= 0.3 is 18.1 Å². The number of halogens is 4. The molecule has 2 aromatic rings. The Morgan fingerprint density at radius 1 is 1.03 bits per heavy atom. The SMILES string of the molecule is CC(c1cc(Cl)ccc1OCC(=O)O)N1CCN(C(=O)c2ccccc2)CC1.O=C(O)C(F)(F)F. The van der Waals surface area contributed by atoms with Crippen LogP contribution in [0, 0.1) is 0 Å². The van der Waals surface area contributed by atoms with Gasteiger partial charge in [-0.3, -0.25) is 9.69 Å². The van der Waals surface area contributed by atoms with Crippen LogP contribution in [0.15, 0.2) is 48.5 Å². The van der Waals surface area contributed by atoms with Gasteiger partial charge in [0.05, 0.1) is 0 Å². The molecule has 1 heterocycles. The van der Waals surface area contributed by atoms with Crippen molar-refractivity contribution in [3.05, 3.63) is 64.7 Å². The van der Waals surface area contributed by atoms with Crippen LogP contribution in [0.4, 0.5) is 13.2 Å². The Balaban J connectivity index is 0.000000540. The molecule has 35 heavy (non-hydrogen) atoms. The van der Waals surface area contributed by atoms with Crippen molar-refractivity contribution in [1.82, 2.24) is 9.80 Å². The van der Waals surface area contributed by atoms with E-state index in [-0.39, 0.29) is 11.9 Å². The molecule has 1 fully saturated rings. The second kappa shape index (κ2) is 12.4. The highest BCUT2D eigenvalue weighted by molar-refractivity contribution is 6.30. The van der Waals surface area contributed by atoms with Crippen LogP contribution in [0.1, 0.15) is 28.9 Å². The van der Waals surface area contributed by atoms with E-state index in [0.717, 1.165) is 5.56 Å². The fourth-order valence-corrected chi connectivity index (χ4v) is 3.57. The van der Waals surface area contributed by atoms with Crippen molar-refractivity contribution >= 4 is 29.4 Å². The maximum absolute atomic E-state index is 12.6. The molecule has 1 aliphatic heterocycles. The smallest absolute Gasteiger partial charge is 0.482 e. The molecule has 8 nitrogen and oxygen atoms in total. The average molecular weight is 517 g/mol. The Morgan fingerprint density at radius 3 is 2.11 bits per heavy atom. The summed E-state index contributed by atoms with van der Waals surface area (Å²) >= 11 is 6.15. The molecule has 2 N–H and O–H groups in total. The lowest BCUT2D eigenvalue weighted by Gasteiger charge is -2.38. The maximum Gasteiger partial charge on any atom is 0.490 e. The molecule has 3 rings (SSSR count). The van der Waals surface area contributed by atoms with Gasteiger partial charge in [-0.2, -0.15) is 13.2 Å². The van der Waals surface area contributed by atoms with E-state index in [4.69, 9.17) is 31.3 Å². The minimum Gasteiger partial charge on any atom is -0.482 e. The normalized spacial score (nSPS) is 14.9. The lowest BCUT2D eigenvalue weighted by atomic mass is 10.0. The number of carbonyl (C=O) groups excluding carboxylic acids is 1. The molecule has 12 heteroatoms. The number of piperazine rings is 1. The Morgan fingerprint density at radius 2 is 1.60 bits per heavy atom. The summed E-state index contributed by atoms with van der Waals surface area (Å²) < 4.78 is 37.2. The van der Waals surface area contributed by atoms with Gasteiger partial charge in [0.25, 0.3) is 5.91 Å². The van der Waals surface area contributed by atoms with Crippen LogP contribution < -0.4 is 4.74 Å². The topological polar surface area (TPSA) is 107 Å². The van der Waals surface area contributed by atoms with Crippen LogP contribution >= 0.6 is 11.6 Å². The van der Waals surface area contributed by atoms with E-state index < -0.39 is 24.7 Å². The molecule has 1 unspecified atom stereocenters. The zero-order chi connectivity index (χ0) is 26.2. The molecule has 2 aromatic carbocycles. The Bertz CT molecular complexity index is 1030. The predicted octanol–water partition coefficient (Wildman–Crippen LogP) is 3.96. The standard InChI is InChI=1S/C21H23ClN2O4.C2HF3O2/c1-15(18-13-17(22)7-8-19(18)28-14-20(25)26)23-9-11-24(12-10-23)21(27)16-5-3-2-4-6-16;3-2(4,5)1(6)7/h2-8,13,15H,9-12,14H2,1H3,(H,25,26);(H,6,7). The van der Waals surface area contributed by atoms with Gasteiger partial charge in [0.2, 0.25) is 0 Å². The van der Waals surface area contributed by atoms with Gasteiger partial charge in [0, 0.05) is 48.4 Å². The summed E-state index contributed by atoms with van der Waals surface area (Å²) in [7, 11) is 0. The number of ether oxygens (including phenoxy) is 1. The van der Waals surface area contributed by atoms with Gasteiger partial charge in [-0.1, -0.05) is 29.8 Å². The highest BCUT2D eigenvalue weighted by Crippen LogP contribution is 2.32. The van der Waals surface area contributed by atoms with E-state index in [1.165, 1.54) is 0 Å². The second-order valence-electron chi connectivity index (χ2n) is 7.54. The molecule has 1 amide bonds. The van der Waals surface area contributed by atoms with Crippen molar-refractivity contribution in [2.75, 3.05) is 32.8 Å². The Hall–Kier alpha value is -3.31. The van der Waals surface area contributed by atoms with Crippen molar-refractivity contribution in [2.45, 2.75) is 19.1 Å². The Kier molecular flexibility index (Phi) is 9.90. The van der Waals surface area contributed by atoms with Gasteiger partial charge in [-0.15, -0.1) is 0 Å². The minimum atomic E-state index is -5.08. The number of rotatable bonds is 6. The van der Waals surface area contributed by atoms with Crippen LogP contribution in [0.5, 0.6) is 5.75 Å². The van der Waals surface area contributed by atoms with Crippen molar-refractivity contribution in [2.24, 2.45) is 0 Å². The molecular weight excluding hydrogens is 493 g/mol. The first-order valence-corrected chi connectivity index (χ1v) is 10.8. The van der Waals surface area contributed by atoms with E-state index in [2.05, 4.69) is 4.90 Å². The van der Waals surface area contributed by atoms with Crippen molar-refractivity contribution in [1.29, 1.82) is 0 Å². The lowest BCUT2D eigenvalue weighted by molar-refractivity contribution is -0.192. The van der Waals surface area contributed by atoms with E-state index in [1.54, 1.807) is 12.1 Å². The zero-order valence-electron chi connectivity index (χ0n) is 18.7.